The maximum Gasteiger partial charge on any atom is 0.416 e. The number of carbonyl (C=O) groups is 3. The molecular formula is C27H28F3N4O6S+. The lowest BCUT2D eigenvalue weighted by molar-refractivity contribution is -0.404. The maximum absolute atomic E-state index is 13.5. The Morgan fingerprint density at radius 2 is 1.49 bits per heavy atom. The number of nitrogens with one attached hydrogen (secondary N) is 3. The highest BCUT2D eigenvalue weighted by Crippen LogP contribution is 2.37. The first-order valence-electron chi connectivity index (χ1n) is 12.1. The van der Waals surface area contributed by atoms with Gasteiger partial charge >= 0.3 is 18.1 Å². The third kappa shape index (κ3) is 8.53. The van der Waals surface area contributed by atoms with Crippen LogP contribution in [0.5, 0.6) is 0 Å². The summed E-state index contributed by atoms with van der Waals surface area (Å²) in [6, 6.07) is 12.0. The minimum absolute atomic E-state index is 0.0387. The summed E-state index contributed by atoms with van der Waals surface area (Å²) < 4.78 is 51.8. The molecule has 10 nitrogen and oxygen atoms in total. The van der Waals surface area contributed by atoms with E-state index in [9.17, 15) is 42.0 Å². The molecule has 218 valence electrons. The fraction of sp³-hybridized carbons (Fsp3) is 0.222. The fourth-order valence-electron chi connectivity index (χ4n) is 3.76. The van der Waals surface area contributed by atoms with Gasteiger partial charge in [0.25, 0.3) is 5.91 Å². The van der Waals surface area contributed by atoms with E-state index in [1.807, 2.05) is 0 Å². The molecule has 0 radical (unpaired) electrons. The van der Waals surface area contributed by atoms with E-state index < -0.39 is 46.4 Å². The van der Waals surface area contributed by atoms with Gasteiger partial charge in [-0.3, -0.25) is 9.00 Å². The van der Waals surface area contributed by atoms with Crippen molar-refractivity contribution in [2.45, 2.75) is 25.2 Å². The van der Waals surface area contributed by atoms with Crippen molar-refractivity contribution >= 4 is 51.4 Å². The maximum atomic E-state index is 13.5. The number of rotatable bonds is 12. The van der Waals surface area contributed by atoms with E-state index in [-0.39, 0.29) is 40.4 Å². The lowest BCUT2D eigenvalue weighted by Gasteiger charge is -2.19. The monoisotopic (exact) mass is 593 g/mol. The second kappa shape index (κ2) is 13.3. The Hall–Kier alpha value is -4.43. The van der Waals surface area contributed by atoms with Crippen LogP contribution in [-0.2, 0) is 28.3 Å². The zero-order valence-electron chi connectivity index (χ0n) is 21.7. The van der Waals surface area contributed by atoms with Gasteiger partial charge in [0.05, 0.1) is 39.4 Å². The van der Waals surface area contributed by atoms with E-state index in [4.69, 9.17) is 0 Å². The highest BCUT2D eigenvalue weighted by atomic mass is 32.2. The largest absolute Gasteiger partial charge is 0.478 e. The van der Waals surface area contributed by atoms with Crippen LogP contribution in [0.3, 0.4) is 0 Å². The van der Waals surface area contributed by atoms with Crippen LogP contribution in [0.4, 0.5) is 35.9 Å². The van der Waals surface area contributed by atoms with E-state index in [0.29, 0.717) is 17.7 Å². The van der Waals surface area contributed by atoms with Crippen molar-refractivity contribution in [2.75, 3.05) is 22.6 Å². The van der Waals surface area contributed by atoms with Crippen LogP contribution in [0.2, 0.25) is 0 Å². The minimum Gasteiger partial charge on any atom is -0.478 e. The van der Waals surface area contributed by atoms with E-state index in [1.54, 1.807) is 6.07 Å². The van der Waals surface area contributed by atoms with Gasteiger partial charge in [0.1, 0.15) is 0 Å². The molecule has 0 spiro atoms. The molecule has 0 aromatic heterocycles. The second-order valence-corrected chi connectivity index (χ2v) is 10.6. The summed E-state index contributed by atoms with van der Waals surface area (Å²) in [4.78, 5) is 35.9. The van der Waals surface area contributed by atoms with E-state index in [1.165, 1.54) is 42.7 Å². The lowest BCUT2D eigenvalue weighted by atomic mass is 10.1. The van der Waals surface area contributed by atoms with Crippen LogP contribution in [0.15, 0.2) is 60.7 Å². The molecule has 0 saturated heterocycles. The van der Waals surface area contributed by atoms with Crippen molar-refractivity contribution in [3.8, 4) is 0 Å². The van der Waals surface area contributed by atoms with E-state index in [0.717, 1.165) is 18.2 Å². The van der Waals surface area contributed by atoms with Gasteiger partial charge in [0.15, 0.2) is 6.04 Å². The van der Waals surface area contributed by atoms with Gasteiger partial charge in [0.2, 0.25) is 0 Å². The first kappa shape index (κ1) is 31.1. The molecule has 2 atom stereocenters. The molecule has 3 aromatic rings. The molecular weight excluding hydrogens is 565 g/mol. The number of halogens is 3. The van der Waals surface area contributed by atoms with Gasteiger partial charge in [-0.05, 0) is 48.0 Å². The third-order valence-electron chi connectivity index (χ3n) is 5.95. The number of hydrogen-bond donors (Lipinski definition) is 6. The Bertz CT molecular complexity index is 1480. The Balaban J connectivity index is 1.91. The zero-order valence-corrected chi connectivity index (χ0v) is 22.6. The average molecular weight is 594 g/mol. The predicted molar refractivity (Wildman–Crippen MR) is 147 cm³/mol. The number of para-hydroxylation sites is 1. The molecule has 0 aliphatic carbocycles. The summed E-state index contributed by atoms with van der Waals surface area (Å²) >= 11 is 0. The average Bonchev–Trinajstić information content (AvgIpc) is 2.91. The SMILES string of the molecule is CS(=O)CC[C@H]([NH3+])C(=O)NCc1ccc(Nc2cc(C(F)(F)F)ccc2Nc2ccccc2C(=O)O)c(C(=O)O)c1. The number of carboxylic acids is 2. The molecule has 0 aliphatic heterocycles. The number of aromatic carboxylic acids is 2. The topological polar surface area (TPSA) is 172 Å². The van der Waals surface area contributed by atoms with Crippen LogP contribution < -0.4 is 21.7 Å². The Kier molecular flexibility index (Phi) is 10.1. The fourth-order valence-corrected chi connectivity index (χ4v) is 4.38. The molecule has 0 fully saturated rings. The van der Waals surface area contributed by atoms with Crippen LogP contribution >= 0.6 is 0 Å². The Morgan fingerprint density at radius 1 is 0.878 bits per heavy atom. The number of carboxylic acid groups (broad SMARTS) is 2. The normalized spacial score (nSPS) is 12.7. The molecule has 0 aliphatic rings. The highest BCUT2D eigenvalue weighted by Gasteiger charge is 2.31. The highest BCUT2D eigenvalue weighted by molar-refractivity contribution is 7.84. The van der Waals surface area contributed by atoms with Gasteiger partial charge in [-0.15, -0.1) is 0 Å². The van der Waals surface area contributed by atoms with Crippen molar-refractivity contribution in [1.82, 2.24) is 5.32 Å². The summed E-state index contributed by atoms with van der Waals surface area (Å²) in [6.45, 7) is -0.0387. The van der Waals surface area contributed by atoms with Gasteiger partial charge in [-0.25, -0.2) is 9.59 Å². The van der Waals surface area contributed by atoms with Gasteiger partial charge in [0, 0.05) is 35.8 Å². The quantitative estimate of drug-likeness (QED) is 0.185. The summed E-state index contributed by atoms with van der Waals surface area (Å²) in [5, 5.41) is 27.5. The standard InChI is InChI=1S/C27H27F3N4O6S/c1-41(40)11-10-19(31)24(35)32-14-15-6-8-21(18(12-15)26(38)39)34-23-13-16(27(28,29)30)7-9-22(23)33-20-5-3-2-4-17(20)25(36)37/h2-9,12-13,19,33-34H,10-11,14,31H2,1H3,(H,32,35)(H,36,37)(H,38,39)/p+1/t19-,41?/m0/s1. The lowest BCUT2D eigenvalue weighted by Crippen LogP contribution is -2.67. The Morgan fingerprint density at radius 3 is 2.12 bits per heavy atom. The number of hydrogen-bond acceptors (Lipinski definition) is 6. The van der Waals surface area contributed by atoms with Crippen LogP contribution in [0.25, 0.3) is 0 Å². The van der Waals surface area contributed by atoms with E-state index >= 15 is 0 Å². The van der Waals surface area contributed by atoms with Gasteiger partial charge in [-0.2, -0.15) is 13.2 Å². The summed E-state index contributed by atoms with van der Waals surface area (Å²) in [7, 11) is -1.08. The van der Waals surface area contributed by atoms with Crippen molar-refractivity contribution in [1.29, 1.82) is 0 Å². The number of amides is 1. The molecule has 14 heteroatoms. The van der Waals surface area contributed by atoms with Crippen molar-refractivity contribution in [3.63, 3.8) is 0 Å². The number of carbonyl (C=O) groups excluding carboxylic acids is 1. The van der Waals surface area contributed by atoms with Crippen LogP contribution in [0, 0.1) is 0 Å². The van der Waals surface area contributed by atoms with Gasteiger partial charge in [-0.1, -0.05) is 18.2 Å². The smallest absolute Gasteiger partial charge is 0.416 e. The number of anilines is 4. The van der Waals surface area contributed by atoms with Crippen molar-refractivity contribution < 1.29 is 47.7 Å². The molecule has 0 bridgehead atoms. The third-order valence-corrected chi connectivity index (χ3v) is 6.76. The summed E-state index contributed by atoms with van der Waals surface area (Å²) in [5.41, 5.74) is 2.71. The zero-order chi connectivity index (χ0) is 30.3. The molecule has 3 aromatic carbocycles. The number of quaternary nitrogens is 1. The Labute approximate surface area is 235 Å². The molecule has 0 heterocycles. The number of benzene rings is 3. The second-order valence-electron chi connectivity index (χ2n) is 9.02. The van der Waals surface area contributed by atoms with Crippen molar-refractivity contribution in [2.24, 2.45) is 0 Å². The molecule has 8 N–H and O–H groups in total. The number of alkyl halides is 3. The summed E-state index contributed by atoms with van der Waals surface area (Å²) in [5.74, 6) is -2.73. The molecule has 0 saturated carbocycles. The van der Waals surface area contributed by atoms with Crippen LogP contribution in [0.1, 0.15) is 38.3 Å². The van der Waals surface area contributed by atoms with E-state index in [2.05, 4.69) is 21.7 Å². The van der Waals surface area contributed by atoms with Gasteiger partial charge < -0.3 is 31.9 Å². The predicted octanol–water partition coefficient (Wildman–Crippen LogP) is 3.58. The molecule has 1 amide bonds. The minimum atomic E-state index is -4.70. The first-order valence-corrected chi connectivity index (χ1v) is 13.8. The molecule has 41 heavy (non-hydrogen) atoms. The summed E-state index contributed by atoms with van der Waals surface area (Å²) in [6.07, 6.45) is -2.88. The van der Waals surface area contributed by atoms with Crippen LogP contribution in [-0.4, -0.2) is 50.3 Å². The molecule has 3 rings (SSSR count). The van der Waals surface area contributed by atoms with Crippen molar-refractivity contribution in [3.05, 3.63) is 82.9 Å². The molecule has 1 unspecified atom stereocenters. The first-order chi connectivity index (χ1) is 19.3.